The Morgan fingerprint density at radius 1 is 1.09 bits per heavy atom. The van der Waals surface area contributed by atoms with E-state index in [0.29, 0.717) is 12.0 Å². The molecule has 0 spiro atoms. The van der Waals surface area contributed by atoms with E-state index in [1.54, 1.807) is 6.92 Å². The van der Waals surface area contributed by atoms with Crippen LogP contribution in [0.5, 0.6) is 0 Å². The molecule has 2 saturated heterocycles. The van der Waals surface area contributed by atoms with E-state index >= 15 is 0 Å². The molecule has 2 N–H and O–H groups in total. The number of carbonyl (C=O) groups is 3. The van der Waals surface area contributed by atoms with Crippen molar-refractivity contribution < 1.29 is 43.5 Å². The van der Waals surface area contributed by atoms with Gasteiger partial charge in [0.1, 0.15) is 35.6 Å². The van der Waals surface area contributed by atoms with E-state index in [1.807, 2.05) is 0 Å². The molecule has 2 bridgehead atoms. The first-order valence-corrected chi connectivity index (χ1v) is 12.4. The van der Waals surface area contributed by atoms with Gasteiger partial charge in [-0.05, 0) is 50.5 Å². The van der Waals surface area contributed by atoms with Gasteiger partial charge in [-0.15, -0.1) is 0 Å². The summed E-state index contributed by atoms with van der Waals surface area (Å²) in [5.74, 6) is -2.05. The lowest BCUT2D eigenvalue weighted by molar-refractivity contribution is -0.197. The maximum absolute atomic E-state index is 12.2. The van der Waals surface area contributed by atoms with Gasteiger partial charge in [0.2, 0.25) is 0 Å². The van der Waals surface area contributed by atoms with Crippen LogP contribution in [0, 0.1) is 23.7 Å². The molecule has 0 unspecified atom stereocenters. The lowest BCUT2D eigenvalue weighted by atomic mass is 9.59. The van der Waals surface area contributed by atoms with Gasteiger partial charge < -0.3 is 29.2 Å². The zero-order chi connectivity index (χ0) is 26.5. The maximum atomic E-state index is 12.2. The average molecular weight is 497 g/mol. The predicted molar refractivity (Wildman–Crippen MR) is 125 cm³/mol. The number of esters is 3. The van der Waals surface area contributed by atoms with E-state index < -0.39 is 65.5 Å². The summed E-state index contributed by atoms with van der Waals surface area (Å²) in [4.78, 5) is 35.9. The summed E-state index contributed by atoms with van der Waals surface area (Å²) in [7, 11) is 0. The van der Waals surface area contributed by atoms with Crippen LogP contribution in [-0.4, -0.2) is 69.8 Å². The van der Waals surface area contributed by atoms with Gasteiger partial charge in [0.15, 0.2) is 0 Å². The number of aliphatic hydroxyl groups is 2. The number of carbonyl (C=O) groups excluding carboxylic acids is 3. The average Bonchev–Trinajstić information content (AvgIpc) is 3.12. The summed E-state index contributed by atoms with van der Waals surface area (Å²) in [6.07, 6.45) is -3.74. The normalized spacial score (nSPS) is 43.4. The lowest BCUT2D eigenvalue weighted by Gasteiger charge is -2.48. The van der Waals surface area contributed by atoms with Crippen molar-refractivity contribution in [2.75, 3.05) is 0 Å². The van der Waals surface area contributed by atoms with Crippen molar-refractivity contribution >= 4 is 17.9 Å². The summed E-state index contributed by atoms with van der Waals surface area (Å²) in [6.45, 7) is 15.5. The lowest BCUT2D eigenvalue weighted by Crippen LogP contribution is -2.59. The van der Waals surface area contributed by atoms with Crippen molar-refractivity contribution in [2.45, 2.75) is 109 Å². The molecule has 3 fully saturated rings. The molecule has 9 heteroatoms. The third-order valence-electron chi connectivity index (χ3n) is 8.16. The first-order valence-electron chi connectivity index (χ1n) is 12.4. The van der Waals surface area contributed by atoms with Gasteiger partial charge >= 0.3 is 17.9 Å². The van der Waals surface area contributed by atoms with E-state index in [1.165, 1.54) is 27.7 Å². The molecule has 9 nitrogen and oxygen atoms in total. The Morgan fingerprint density at radius 3 is 2.20 bits per heavy atom. The highest BCUT2D eigenvalue weighted by molar-refractivity contribution is 5.67. The van der Waals surface area contributed by atoms with Crippen LogP contribution in [0.3, 0.4) is 0 Å². The summed E-state index contributed by atoms with van der Waals surface area (Å²) >= 11 is 0. The van der Waals surface area contributed by atoms with Crippen LogP contribution in [0.25, 0.3) is 0 Å². The second kappa shape index (κ2) is 9.82. The third kappa shape index (κ3) is 5.13. The third-order valence-corrected chi connectivity index (χ3v) is 8.16. The van der Waals surface area contributed by atoms with E-state index in [0.717, 1.165) is 0 Å². The quantitative estimate of drug-likeness (QED) is 0.342. The Hall–Kier alpha value is -1.97. The molecule has 3 rings (SSSR count). The van der Waals surface area contributed by atoms with Gasteiger partial charge in [-0.25, -0.2) is 0 Å². The van der Waals surface area contributed by atoms with Gasteiger partial charge in [-0.1, -0.05) is 20.4 Å². The fourth-order valence-corrected chi connectivity index (χ4v) is 6.53. The van der Waals surface area contributed by atoms with Crippen LogP contribution in [-0.2, 0) is 33.3 Å². The minimum Gasteiger partial charge on any atom is -0.459 e. The Kier molecular flexibility index (Phi) is 7.75. The Bertz CT molecular complexity index is 865. The molecule has 2 heterocycles. The molecule has 2 aliphatic heterocycles. The second-order valence-corrected chi connectivity index (χ2v) is 11.2. The van der Waals surface area contributed by atoms with Crippen molar-refractivity contribution in [3.05, 3.63) is 12.2 Å². The largest absolute Gasteiger partial charge is 0.459 e. The molecule has 0 aromatic carbocycles. The predicted octanol–water partition coefficient (Wildman–Crippen LogP) is 2.31. The summed E-state index contributed by atoms with van der Waals surface area (Å²) in [6, 6.07) is 0. The molecular weight excluding hydrogens is 456 g/mol. The zero-order valence-electron chi connectivity index (χ0n) is 21.8. The molecule has 0 radical (unpaired) electrons. The summed E-state index contributed by atoms with van der Waals surface area (Å²) in [5, 5.41) is 23.0. The van der Waals surface area contributed by atoms with Crippen LogP contribution < -0.4 is 0 Å². The van der Waals surface area contributed by atoms with E-state index in [2.05, 4.69) is 20.4 Å². The van der Waals surface area contributed by atoms with Crippen LogP contribution in [0.1, 0.15) is 67.7 Å². The Balaban J connectivity index is 2.17. The van der Waals surface area contributed by atoms with Crippen LogP contribution in [0.15, 0.2) is 12.2 Å². The van der Waals surface area contributed by atoms with E-state index in [-0.39, 0.29) is 30.6 Å². The smallest absolute Gasteiger partial charge is 0.303 e. The number of ether oxygens (including phenoxy) is 4. The number of fused-ring (bicyclic) bond motifs is 5. The molecule has 3 aliphatic rings. The van der Waals surface area contributed by atoms with Gasteiger partial charge in [0.05, 0.1) is 6.10 Å². The number of aliphatic hydroxyl groups excluding tert-OH is 1. The monoisotopic (exact) mass is 496 g/mol. The summed E-state index contributed by atoms with van der Waals surface area (Å²) in [5.41, 5.74) is -2.39. The highest BCUT2D eigenvalue weighted by Crippen LogP contribution is 2.56. The first-order chi connectivity index (χ1) is 16.1. The molecule has 1 aliphatic carbocycles. The molecule has 35 heavy (non-hydrogen) atoms. The SMILES string of the molecule is C=C1[C@H]2[C@H]3O[C@@H]([C@H]2[C@H](C(C)C)C[C@H]1OC(C)=O)[C@@](C)(OC(C)=O)CC[C@@H](OC(C)=O)[C@](C)(O)[C@@H]3O. The maximum Gasteiger partial charge on any atom is 0.303 e. The van der Waals surface area contributed by atoms with Gasteiger partial charge in [0.25, 0.3) is 0 Å². The van der Waals surface area contributed by atoms with Gasteiger partial charge in [-0.2, -0.15) is 0 Å². The molecule has 0 amide bonds. The number of rotatable bonds is 4. The van der Waals surface area contributed by atoms with Crippen LogP contribution in [0.4, 0.5) is 0 Å². The van der Waals surface area contributed by atoms with Gasteiger partial charge in [0, 0.05) is 32.6 Å². The fourth-order valence-electron chi connectivity index (χ4n) is 6.53. The molecular formula is C26H40O9. The van der Waals surface area contributed by atoms with Gasteiger partial charge in [-0.3, -0.25) is 14.4 Å². The van der Waals surface area contributed by atoms with Crippen molar-refractivity contribution in [2.24, 2.45) is 23.7 Å². The minimum atomic E-state index is -1.86. The van der Waals surface area contributed by atoms with E-state index in [9.17, 15) is 24.6 Å². The molecule has 0 aromatic heterocycles. The summed E-state index contributed by atoms with van der Waals surface area (Å²) < 4.78 is 23.4. The Morgan fingerprint density at radius 2 is 1.69 bits per heavy atom. The van der Waals surface area contributed by atoms with Crippen LogP contribution in [0.2, 0.25) is 0 Å². The Labute approximate surface area is 207 Å². The van der Waals surface area contributed by atoms with Crippen molar-refractivity contribution in [3.63, 3.8) is 0 Å². The van der Waals surface area contributed by atoms with E-state index in [4.69, 9.17) is 18.9 Å². The highest BCUT2D eigenvalue weighted by atomic mass is 16.6. The van der Waals surface area contributed by atoms with Crippen molar-refractivity contribution in [3.8, 4) is 0 Å². The van der Waals surface area contributed by atoms with Crippen molar-refractivity contribution in [1.82, 2.24) is 0 Å². The second-order valence-electron chi connectivity index (χ2n) is 11.2. The molecule has 10 atom stereocenters. The highest BCUT2D eigenvalue weighted by Gasteiger charge is 2.64. The molecule has 1 saturated carbocycles. The molecule has 198 valence electrons. The first kappa shape index (κ1) is 27.6. The minimum absolute atomic E-state index is 0.000533. The fraction of sp³-hybridized carbons (Fsp3) is 0.808. The number of hydrogen-bond donors (Lipinski definition) is 2. The number of hydrogen-bond acceptors (Lipinski definition) is 9. The van der Waals surface area contributed by atoms with Crippen molar-refractivity contribution in [1.29, 1.82) is 0 Å². The zero-order valence-corrected chi connectivity index (χ0v) is 21.8. The van der Waals surface area contributed by atoms with Crippen LogP contribution >= 0.6 is 0 Å². The topological polar surface area (TPSA) is 129 Å². The standard InChI is InChI=1S/C26H40O9/c1-12(2)17-11-18(32-14(4)27)13(3)20-21(17)24-25(7,35-16(6)29)10-9-19(33-15(5)28)26(8,31)23(30)22(20)34-24/h12,17-24,30-31H,3,9-11H2,1-2,4-8H3/t17-,18+,19+,20+,21-,22+,23+,24-,25-,26-/m0/s1. The molecule has 0 aromatic rings.